The van der Waals surface area contributed by atoms with Crippen LogP contribution < -0.4 is 0 Å². The molecule has 0 aliphatic rings. The number of aromatic nitrogens is 2. The molecule has 0 aliphatic carbocycles. The number of carbonyl (C=O) groups is 1. The highest BCUT2D eigenvalue weighted by Gasteiger charge is 2.02. The molecule has 2 aromatic rings. The maximum absolute atomic E-state index is 13.4. The zero-order chi connectivity index (χ0) is 13.8. The summed E-state index contributed by atoms with van der Waals surface area (Å²) in [7, 11) is 0. The van der Waals surface area contributed by atoms with Gasteiger partial charge in [0.15, 0.2) is 0 Å². The van der Waals surface area contributed by atoms with Crippen molar-refractivity contribution in [2.75, 3.05) is 0 Å². The maximum atomic E-state index is 13.4. The number of rotatable bonds is 4. The Kier molecular flexibility index (Phi) is 3.75. The summed E-state index contributed by atoms with van der Waals surface area (Å²) in [6.07, 6.45) is 4.16. The van der Waals surface area contributed by atoms with Crippen LogP contribution in [0.5, 0.6) is 0 Å². The number of hydrogen-bond donors (Lipinski definition) is 1. The topological polar surface area (TPSA) is 55.1 Å². The molecule has 0 fully saturated rings. The molecule has 98 valence electrons. The predicted molar refractivity (Wildman–Crippen MR) is 69.1 cm³/mol. The Bertz CT molecular complexity index is 632. The van der Waals surface area contributed by atoms with Crippen LogP contribution in [0.2, 0.25) is 0 Å². The van der Waals surface area contributed by atoms with Gasteiger partial charge in [0.25, 0.3) is 0 Å². The summed E-state index contributed by atoms with van der Waals surface area (Å²) in [5.74, 6) is -1.46. The van der Waals surface area contributed by atoms with Gasteiger partial charge < -0.3 is 5.11 Å². The van der Waals surface area contributed by atoms with Crippen molar-refractivity contribution in [2.45, 2.75) is 13.5 Å². The highest BCUT2D eigenvalue weighted by molar-refractivity contribution is 5.85. The van der Waals surface area contributed by atoms with E-state index in [9.17, 15) is 9.18 Å². The van der Waals surface area contributed by atoms with Crippen LogP contribution in [0.1, 0.15) is 16.8 Å². The van der Waals surface area contributed by atoms with Gasteiger partial charge in [-0.05, 0) is 48.4 Å². The second-order valence-corrected chi connectivity index (χ2v) is 4.22. The van der Waals surface area contributed by atoms with E-state index in [4.69, 9.17) is 5.11 Å². The van der Waals surface area contributed by atoms with Crippen LogP contribution in [-0.2, 0) is 11.3 Å². The zero-order valence-electron chi connectivity index (χ0n) is 10.4. The highest BCUT2D eigenvalue weighted by atomic mass is 19.1. The first kappa shape index (κ1) is 13.0. The van der Waals surface area contributed by atoms with Crippen molar-refractivity contribution in [2.24, 2.45) is 0 Å². The van der Waals surface area contributed by atoms with Gasteiger partial charge >= 0.3 is 5.97 Å². The Morgan fingerprint density at radius 1 is 1.47 bits per heavy atom. The van der Waals surface area contributed by atoms with Crippen molar-refractivity contribution in [1.29, 1.82) is 0 Å². The lowest BCUT2D eigenvalue weighted by atomic mass is 10.1. The van der Waals surface area contributed by atoms with Gasteiger partial charge in [-0.1, -0.05) is 0 Å². The van der Waals surface area contributed by atoms with Gasteiger partial charge in [-0.15, -0.1) is 0 Å². The van der Waals surface area contributed by atoms with Gasteiger partial charge in [0.1, 0.15) is 5.82 Å². The van der Waals surface area contributed by atoms with Gasteiger partial charge in [-0.2, -0.15) is 5.10 Å². The molecule has 1 aromatic heterocycles. The van der Waals surface area contributed by atoms with E-state index >= 15 is 0 Å². The van der Waals surface area contributed by atoms with Crippen molar-refractivity contribution in [1.82, 2.24) is 9.78 Å². The zero-order valence-corrected chi connectivity index (χ0v) is 10.4. The minimum Gasteiger partial charge on any atom is -0.478 e. The van der Waals surface area contributed by atoms with E-state index in [1.807, 2.05) is 19.2 Å². The normalized spacial score (nSPS) is 11.1. The first-order chi connectivity index (χ1) is 9.02. The molecule has 0 amide bonds. The fraction of sp³-hybridized carbons (Fsp3) is 0.143. The van der Waals surface area contributed by atoms with Crippen LogP contribution in [0.25, 0.3) is 6.08 Å². The van der Waals surface area contributed by atoms with Gasteiger partial charge in [0.05, 0.1) is 12.2 Å². The Labute approximate surface area is 109 Å². The van der Waals surface area contributed by atoms with Crippen LogP contribution in [0.3, 0.4) is 0 Å². The lowest BCUT2D eigenvalue weighted by Gasteiger charge is -2.04. The molecule has 0 unspecified atom stereocenters. The van der Waals surface area contributed by atoms with Crippen LogP contribution in [0.15, 0.2) is 36.5 Å². The summed E-state index contributed by atoms with van der Waals surface area (Å²) >= 11 is 0. The average molecular weight is 260 g/mol. The van der Waals surface area contributed by atoms with Gasteiger partial charge in [0.2, 0.25) is 0 Å². The first-order valence-electron chi connectivity index (χ1n) is 5.73. The number of nitrogens with zero attached hydrogens (tertiary/aromatic N) is 2. The molecule has 0 saturated carbocycles. The van der Waals surface area contributed by atoms with Crippen LogP contribution in [-0.4, -0.2) is 20.9 Å². The van der Waals surface area contributed by atoms with Crippen LogP contribution >= 0.6 is 0 Å². The predicted octanol–water partition coefficient (Wildman–Crippen LogP) is 2.48. The van der Waals surface area contributed by atoms with E-state index in [-0.39, 0.29) is 0 Å². The minimum atomic E-state index is -1.06. The van der Waals surface area contributed by atoms with Gasteiger partial charge in [-0.25, -0.2) is 9.18 Å². The quantitative estimate of drug-likeness (QED) is 0.859. The Morgan fingerprint density at radius 3 is 2.89 bits per heavy atom. The lowest BCUT2D eigenvalue weighted by molar-refractivity contribution is -0.131. The summed E-state index contributed by atoms with van der Waals surface area (Å²) < 4.78 is 15.2. The van der Waals surface area contributed by atoms with E-state index in [0.717, 1.165) is 17.3 Å². The monoisotopic (exact) mass is 260 g/mol. The fourth-order valence-corrected chi connectivity index (χ4v) is 1.77. The van der Waals surface area contributed by atoms with E-state index in [1.165, 1.54) is 18.2 Å². The summed E-state index contributed by atoms with van der Waals surface area (Å²) in [6, 6.07) is 6.30. The number of carboxylic acid groups (broad SMARTS) is 1. The summed E-state index contributed by atoms with van der Waals surface area (Å²) in [5.41, 5.74) is 2.14. The molecule has 0 bridgehead atoms. The molecule has 0 radical (unpaired) electrons. The van der Waals surface area contributed by atoms with E-state index < -0.39 is 11.8 Å². The van der Waals surface area contributed by atoms with Crippen molar-refractivity contribution < 1.29 is 14.3 Å². The van der Waals surface area contributed by atoms with Crippen LogP contribution in [0.4, 0.5) is 4.39 Å². The average Bonchev–Trinajstić information content (AvgIpc) is 2.71. The summed E-state index contributed by atoms with van der Waals surface area (Å²) in [5, 5.41) is 12.8. The molecule has 1 N–H and O–H groups in total. The number of halogens is 1. The van der Waals surface area contributed by atoms with E-state index in [2.05, 4.69) is 5.10 Å². The van der Waals surface area contributed by atoms with Crippen molar-refractivity contribution in [3.05, 3.63) is 59.2 Å². The Morgan fingerprint density at radius 2 is 2.26 bits per heavy atom. The number of hydrogen-bond acceptors (Lipinski definition) is 2. The second-order valence-electron chi connectivity index (χ2n) is 4.22. The standard InChI is InChI=1S/C14H13FN2O2/c1-10-4-5-17(16-10)9-12-6-11(2-3-14(18)19)7-13(15)8-12/h2-8H,9H2,1H3,(H,18,19). The largest absolute Gasteiger partial charge is 0.478 e. The molecule has 0 saturated heterocycles. The van der Waals surface area contributed by atoms with Gasteiger partial charge in [-0.3, -0.25) is 4.68 Å². The van der Waals surface area contributed by atoms with E-state index in [0.29, 0.717) is 12.1 Å². The maximum Gasteiger partial charge on any atom is 0.328 e. The Balaban J connectivity index is 2.23. The molecule has 2 rings (SSSR count). The molecule has 0 spiro atoms. The fourth-order valence-electron chi connectivity index (χ4n) is 1.77. The molecule has 0 atom stereocenters. The molecule has 19 heavy (non-hydrogen) atoms. The highest BCUT2D eigenvalue weighted by Crippen LogP contribution is 2.12. The number of benzene rings is 1. The summed E-state index contributed by atoms with van der Waals surface area (Å²) in [4.78, 5) is 10.4. The molecular formula is C14H13FN2O2. The second kappa shape index (κ2) is 5.48. The molecule has 1 aromatic carbocycles. The molecule has 0 aliphatic heterocycles. The SMILES string of the molecule is Cc1ccn(Cc2cc(F)cc(C=CC(=O)O)c2)n1. The minimum absolute atomic E-state index is 0.397. The lowest BCUT2D eigenvalue weighted by Crippen LogP contribution is -2.01. The van der Waals surface area contributed by atoms with Crippen LogP contribution in [0, 0.1) is 12.7 Å². The van der Waals surface area contributed by atoms with Gasteiger partial charge in [0, 0.05) is 12.3 Å². The third-order valence-electron chi connectivity index (χ3n) is 2.52. The summed E-state index contributed by atoms with van der Waals surface area (Å²) in [6.45, 7) is 2.32. The molecule has 1 heterocycles. The third kappa shape index (κ3) is 3.77. The number of carboxylic acids is 1. The van der Waals surface area contributed by atoms with Crippen molar-refractivity contribution in [3.8, 4) is 0 Å². The Hall–Kier alpha value is -2.43. The van der Waals surface area contributed by atoms with E-state index in [1.54, 1.807) is 10.7 Å². The first-order valence-corrected chi connectivity index (χ1v) is 5.73. The molecule has 5 heteroatoms. The van der Waals surface area contributed by atoms with Crippen molar-refractivity contribution >= 4 is 12.0 Å². The number of aryl methyl sites for hydroxylation is 1. The molecule has 4 nitrogen and oxygen atoms in total. The molecular weight excluding hydrogens is 247 g/mol. The number of aliphatic carboxylic acids is 1. The van der Waals surface area contributed by atoms with Crippen molar-refractivity contribution in [3.63, 3.8) is 0 Å². The smallest absolute Gasteiger partial charge is 0.328 e. The third-order valence-corrected chi connectivity index (χ3v) is 2.52.